The summed E-state index contributed by atoms with van der Waals surface area (Å²) < 4.78 is 37.6. The van der Waals surface area contributed by atoms with Gasteiger partial charge < -0.3 is 19.9 Å². The molecule has 1 aromatic carbocycles. The van der Waals surface area contributed by atoms with Crippen molar-refractivity contribution < 1.29 is 22.5 Å². The van der Waals surface area contributed by atoms with Crippen LogP contribution < -0.4 is 15.4 Å². The Morgan fingerprint density at radius 1 is 1.35 bits per heavy atom. The van der Waals surface area contributed by atoms with Gasteiger partial charge in [0.15, 0.2) is 0 Å². The molecule has 1 atom stereocenters. The number of amides is 1. The molecule has 1 saturated heterocycles. The molecule has 1 aliphatic rings. The van der Waals surface area contributed by atoms with Gasteiger partial charge in [-0.3, -0.25) is 4.79 Å². The molecule has 1 aliphatic heterocycles. The number of carbonyl (C=O) groups excluding carboxylic acids is 1. The molecular formula is C16H20N4O5S. The molecule has 1 aromatic heterocycles. The fraction of sp³-hybridized carbons (Fsp3) is 0.375. The highest BCUT2D eigenvalue weighted by Crippen LogP contribution is 2.12. The first-order valence-corrected chi connectivity index (χ1v) is 9.62. The predicted octanol–water partition coefficient (Wildman–Crippen LogP) is -0.129. The van der Waals surface area contributed by atoms with E-state index >= 15 is 0 Å². The molecule has 3 rings (SSSR count). The summed E-state index contributed by atoms with van der Waals surface area (Å²) in [5, 5.41) is 9.49. The first-order valence-electron chi connectivity index (χ1n) is 8.14. The average Bonchev–Trinajstić information content (AvgIpc) is 3.19. The third-order valence-corrected chi connectivity index (χ3v) is 5.25. The molecule has 2 heterocycles. The van der Waals surface area contributed by atoms with Crippen LogP contribution >= 0.6 is 0 Å². The summed E-state index contributed by atoms with van der Waals surface area (Å²) in [5.74, 6) is -0.398. The van der Waals surface area contributed by atoms with Crippen molar-refractivity contribution in [3.63, 3.8) is 0 Å². The molecule has 140 valence electrons. The highest BCUT2D eigenvalue weighted by molar-refractivity contribution is 7.89. The van der Waals surface area contributed by atoms with Gasteiger partial charge in [0, 0.05) is 31.3 Å². The van der Waals surface area contributed by atoms with E-state index in [1.807, 2.05) is 0 Å². The topological polar surface area (TPSA) is 123 Å². The van der Waals surface area contributed by atoms with Gasteiger partial charge in [0.05, 0.1) is 24.2 Å². The molecule has 0 saturated carbocycles. The fourth-order valence-electron chi connectivity index (χ4n) is 2.44. The number of nitrogens with one attached hydrogen (secondary N) is 3. The minimum absolute atomic E-state index is 0.0235. The number of aromatic nitrogens is 1. The minimum atomic E-state index is -3.74. The third-order valence-electron chi connectivity index (χ3n) is 3.83. The average molecular weight is 380 g/mol. The Labute approximate surface area is 151 Å². The molecule has 0 bridgehead atoms. The van der Waals surface area contributed by atoms with E-state index in [0.29, 0.717) is 18.8 Å². The van der Waals surface area contributed by atoms with E-state index in [9.17, 15) is 13.2 Å². The van der Waals surface area contributed by atoms with Crippen LogP contribution in [0.1, 0.15) is 16.1 Å². The van der Waals surface area contributed by atoms with Crippen molar-refractivity contribution in [1.82, 2.24) is 20.5 Å². The van der Waals surface area contributed by atoms with E-state index < -0.39 is 15.9 Å². The highest BCUT2D eigenvalue weighted by Gasteiger charge is 2.20. The maximum Gasteiger partial charge on any atom is 0.251 e. The van der Waals surface area contributed by atoms with Crippen LogP contribution in [0.25, 0.3) is 0 Å². The second-order valence-corrected chi connectivity index (χ2v) is 7.52. The van der Waals surface area contributed by atoms with Gasteiger partial charge in [-0.2, -0.15) is 0 Å². The van der Waals surface area contributed by atoms with Gasteiger partial charge in [-0.1, -0.05) is 11.2 Å². The quantitative estimate of drug-likeness (QED) is 0.611. The van der Waals surface area contributed by atoms with Gasteiger partial charge in [-0.05, 0) is 18.2 Å². The predicted molar refractivity (Wildman–Crippen MR) is 91.9 cm³/mol. The van der Waals surface area contributed by atoms with Crippen molar-refractivity contribution in [1.29, 1.82) is 0 Å². The maximum absolute atomic E-state index is 12.5. The van der Waals surface area contributed by atoms with Crippen LogP contribution in [0.3, 0.4) is 0 Å². The summed E-state index contributed by atoms with van der Waals surface area (Å²) in [5.41, 5.74) is 0.817. The number of ether oxygens (including phenoxy) is 1. The summed E-state index contributed by atoms with van der Waals surface area (Å²) in [7, 11) is -3.74. The van der Waals surface area contributed by atoms with Crippen molar-refractivity contribution >= 4 is 15.9 Å². The van der Waals surface area contributed by atoms with Crippen LogP contribution in [0.4, 0.5) is 0 Å². The van der Waals surface area contributed by atoms with Crippen LogP contribution in [-0.2, 0) is 21.3 Å². The standard InChI is InChI=1S/C16H20N4O5S/c21-16(18-9-13-4-6-25-20-13)12-2-1-3-15(8-12)26(22,23)19-11-14-10-17-5-7-24-14/h1-4,6,8,14,17,19H,5,7,9-11H2,(H,18,21)/t14-/m0/s1. The lowest BCUT2D eigenvalue weighted by Gasteiger charge is -2.23. The van der Waals surface area contributed by atoms with Gasteiger partial charge in [0.25, 0.3) is 5.91 Å². The molecule has 3 N–H and O–H groups in total. The van der Waals surface area contributed by atoms with E-state index in [1.165, 1.54) is 24.5 Å². The lowest BCUT2D eigenvalue weighted by Crippen LogP contribution is -2.45. The van der Waals surface area contributed by atoms with Gasteiger partial charge >= 0.3 is 0 Å². The molecule has 0 unspecified atom stereocenters. The Hall–Kier alpha value is -2.27. The maximum atomic E-state index is 12.5. The third kappa shape index (κ3) is 4.88. The van der Waals surface area contributed by atoms with Crippen molar-refractivity contribution in [2.24, 2.45) is 0 Å². The van der Waals surface area contributed by atoms with E-state index in [2.05, 4.69) is 25.0 Å². The molecule has 10 heteroatoms. The molecule has 0 radical (unpaired) electrons. The normalized spacial score (nSPS) is 17.8. The molecule has 2 aromatic rings. The summed E-state index contributed by atoms with van der Waals surface area (Å²) >= 11 is 0. The van der Waals surface area contributed by atoms with Crippen LogP contribution in [0.2, 0.25) is 0 Å². The zero-order valence-corrected chi connectivity index (χ0v) is 14.8. The zero-order valence-electron chi connectivity index (χ0n) is 14.0. The molecule has 26 heavy (non-hydrogen) atoms. The Bertz CT molecular complexity index is 832. The number of morpholine rings is 1. The monoisotopic (exact) mass is 380 g/mol. The van der Waals surface area contributed by atoms with E-state index in [1.54, 1.807) is 12.1 Å². The lowest BCUT2D eigenvalue weighted by molar-refractivity contribution is 0.0324. The molecular weight excluding hydrogens is 360 g/mol. The summed E-state index contributed by atoms with van der Waals surface area (Å²) in [6.45, 7) is 2.25. The van der Waals surface area contributed by atoms with Crippen LogP contribution in [0.5, 0.6) is 0 Å². The number of sulfonamides is 1. The first kappa shape index (κ1) is 18.5. The molecule has 0 aliphatic carbocycles. The van der Waals surface area contributed by atoms with Crippen molar-refractivity contribution in [2.75, 3.05) is 26.2 Å². The Kier molecular flexibility index (Phi) is 5.99. The van der Waals surface area contributed by atoms with E-state index in [4.69, 9.17) is 4.74 Å². The number of hydrogen-bond acceptors (Lipinski definition) is 7. The second kappa shape index (κ2) is 8.41. The Morgan fingerprint density at radius 3 is 2.96 bits per heavy atom. The molecule has 1 fully saturated rings. The summed E-state index contributed by atoms with van der Waals surface area (Å²) in [4.78, 5) is 12.2. The number of hydrogen-bond donors (Lipinski definition) is 3. The van der Waals surface area contributed by atoms with Gasteiger partial charge in [-0.15, -0.1) is 0 Å². The lowest BCUT2D eigenvalue weighted by atomic mass is 10.2. The molecule has 9 nitrogen and oxygen atoms in total. The smallest absolute Gasteiger partial charge is 0.251 e. The molecule has 1 amide bonds. The molecule has 0 spiro atoms. The van der Waals surface area contributed by atoms with Gasteiger partial charge in [0.2, 0.25) is 10.0 Å². The van der Waals surface area contributed by atoms with Crippen LogP contribution in [0, 0.1) is 0 Å². The fourth-order valence-corrected chi connectivity index (χ4v) is 3.55. The second-order valence-electron chi connectivity index (χ2n) is 5.75. The highest BCUT2D eigenvalue weighted by atomic mass is 32.2. The Balaban J connectivity index is 1.62. The first-order chi connectivity index (χ1) is 12.5. The van der Waals surface area contributed by atoms with Gasteiger partial charge in [-0.25, -0.2) is 13.1 Å². The van der Waals surface area contributed by atoms with Crippen LogP contribution in [-0.4, -0.2) is 51.8 Å². The SMILES string of the molecule is O=C(NCc1ccon1)c1cccc(S(=O)(=O)NC[C@@H]2CNCCO2)c1. The largest absolute Gasteiger partial charge is 0.374 e. The number of benzene rings is 1. The van der Waals surface area contributed by atoms with E-state index in [-0.39, 0.29) is 29.7 Å². The number of carbonyl (C=O) groups is 1. The minimum Gasteiger partial charge on any atom is -0.374 e. The van der Waals surface area contributed by atoms with Crippen molar-refractivity contribution in [2.45, 2.75) is 17.5 Å². The Morgan fingerprint density at radius 2 is 2.23 bits per heavy atom. The number of nitrogens with zero attached hydrogens (tertiary/aromatic N) is 1. The van der Waals surface area contributed by atoms with Gasteiger partial charge in [0.1, 0.15) is 12.0 Å². The summed E-state index contributed by atoms with van der Waals surface area (Å²) in [6, 6.07) is 7.48. The van der Waals surface area contributed by atoms with Crippen LogP contribution in [0.15, 0.2) is 46.0 Å². The zero-order chi connectivity index (χ0) is 18.4. The summed E-state index contributed by atoms with van der Waals surface area (Å²) in [6.07, 6.45) is 1.19. The number of rotatable bonds is 7. The van der Waals surface area contributed by atoms with Crippen molar-refractivity contribution in [3.8, 4) is 0 Å². The van der Waals surface area contributed by atoms with E-state index in [0.717, 1.165) is 6.54 Å². The van der Waals surface area contributed by atoms with Crippen molar-refractivity contribution in [3.05, 3.63) is 47.9 Å².